The highest BCUT2D eigenvalue weighted by Gasteiger charge is 2.19. The van der Waals surface area contributed by atoms with Gasteiger partial charge in [-0.2, -0.15) is 0 Å². The fourth-order valence-electron chi connectivity index (χ4n) is 3.70. The Bertz CT molecular complexity index is 672. The van der Waals surface area contributed by atoms with E-state index in [1.165, 1.54) is 5.56 Å². The highest BCUT2D eigenvalue weighted by molar-refractivity contribution is 5.79. The maximum Gasteiger partial charge on any atom is 0.222 e. The zero-order valence-electron chi connectivity index (χ0n) is 18.2. The van der Waals surface area contributed by atoms with Gasteiger partial charge in [0.2, 0.25) is 5.91 Å². The van der Waals surface area contributed by atoms with Crippen LogP contribution in [0.3, 0.4) is 0 Å². The zero-order chi connectivity index (χ0) is 21.0. The Balaban J connectivity index is 1.36. The van der Waals surface area contributed by atoms with Gasteiger partial charge in [0.05, 0.1) is 19.8 Å². The van der Waals surface area contributed by atoms with Crippen molar-refractivity contribution in [2.75, 3.05) is 46.1 Å². The lowest BCUT2D eigenvalue weighted by atomic mass is 10.1. The number of hydrogen-bond acceptors (Lipinski definition) is 4. The third kappa shape index (κ3) is 7.61. The Kier molecular flexibility index (Phi) is 9.44. The maximum atomic E-state index is 11.8. The molecule has 0 aliphatic carbocycles. The summed E-state index contributed by atoms with van der Waals surface area (Å²) >= 11 is 0. The third-order valence-electron chi connectivity index (χ3n) is 5.47. The number of benzene rings is 1. The van der Waals surface area contributed by atoms with E-state index in [0.29, 0.717) is 25.4 Å². The molecule has 2 fully saturated rings. The number of nitrogens with one attached hydrogen (secondary N) is 2. The molecule has 7 nitrogen and oxygen atoms in total. The molecule has 1 aromatic carbocycles. The third-order valence-corrected chi connectivity index (χ3v) is 5.47. The van der Waals surface area contributed by atoms with Crippen LogP contribution in [-0.2, 0) is 27.4 Å². The molecule has 2 saturated heterocycles. The van der Waals surface area contributed by atoms with Gasteiger partial charge in [-0.3, -0.25) is 4.79 Å². The zero-order valence-corrected chi connectivity index (χ0v) is 18.2. The van der Waals surface area contributed by atoms with E-state index in [-0.39, 0.29) is 5.91 Å². The number of amides is 1. The first-order valence-electron chi connectivity index (χ1n) is 11.3. The number of likely N-dealkylation sites (tertiary alicyclic amines) is 1. The summed E-state index contributed by atoms with van der Waals surface area (Å²) in [5.41, 5.74) is 2.33. The van der Waals surface area contributed by atoms with E-state index >= 15 is 0 Å². The van der Waals surface area contributed by atoms with Gasteiger partial charge in [0.15, 0.2) is 5.96 Å². The first kappa shape index (κ1) is 22.6. The molecule has 1 atom stereocenters. The van der Waals surface area contributed by atoms with Gasteiger partial charge in [-0.05, 0) is 37.3 Å². The molecule has 0 saturated carbocycles. The predicted octanol–water partition coefficient (Wildman–Crippen LogP) is 2.31. The number of rotatable bonds is 11. The number of nitrogens with zero attached hydrogens (tertiary/aromatic N) is 2. The van der Waals surface area contributed by atoms with Crippen LogP contribution in [0.5, 0.6) is 0 Å². The van der Waals surface area contributed by atoms with Gasteiger partial charge in [0, 0.05) is 51.7 Å². The average Bonchev–Trinajstić information content (AvgIpc) is 3.42. The summed E-state index contributed by atoms with van der Waals surface area (Å²) in [4.78, 5) is 18.4. The minimum absolute atomic E-state index is 0.267. The van der Waals surface area contributed by atoms with Crippen LogP contribution in [0, 0.1) is 5.92 Å². The summed E-state index contributed by atoms with van der Waals surface area (Å²) in [5, 5.41) is 6.66. The summed E-state index contributed by atoms with van der Waals surface area (Å²) in [6.07, 6.45) is 3.73. The van der Waals surface area contributed by atoms with E-state index in [9.17, 15) is 4.79 Å². The molecule has 3 rings (SSSR count). The number of guanidine groups is 1. The summed E-state index contributed by atoms with van der Waals surface area (Å²) in [6, 6.07) is 8.40. The number of aliphatic imine (C=N–C) groups is 1. The summed E-state index contributed by atoms with van der Waals surface area (Å²) in [6.45, 7) is 9.20. The maximum absolute atomic E-state index is 11.8. The SMILES string of the molecule is CCNC(=NCc1ccc(CN2CCCC2=O)cc1)NCCCOCC1CCOC1. The Morgan fingerprint density at radius 1 is 1.27 bits per heavy atom. The second kappa shape index (κ2) is 12.5. The summed E-state index contributed by atoms with van der Waals surface area (Å²) in [7, 11) is 0. The van der Waals surface area contributed by atoms with Crippen LogP contribution < -0.4 is 10.6 Å². The van der Waals surface area contributed by atoms with Gasteiger partial charge < -0.3 is 25.0 Å². The fourth-order valence-corrected chi connectivity index (χ4v) is 3.70. The molecule has 2 N–H and O–H groups in total. The molecule has 7 heteroatoms. The topological polar surface area (TPSA) is 75.2 Å². The second-order valence-electron chi connectivity index (χ2n) is 8.02. The molecule has 0 radical (unpaired) electrons. The Morgan fingerprint density at radius 3 is 2.80 bits per heavy atom. The highest BCUT2D eigenvalue weighted by atomic mass is 16.5. The van der Waals surface area contributed by atoms with E-state index in [1.54, 1.807) is 0 Å². The van der Waals surface area contributed by atoms with Crippen molar-refractivity contribution in [3.63, 3.8) is 0 Å². The van der Waals surface area contributed by atoms with Crippen molar-refractivity contribution >= 4 is 11.9 Å². The van der Waals surface area contributed by atoms with E-state index in [1.807, 2.05) is 4.90 Å². The quantitative estimate of drug-likeness (QED) is 0.329. The lowest BCUT2D eigenvalue weighted by molar-refractivity contribution is -0.128. The van der Waals surface area contributed by atoms with Crippen LogP contribution in [-0.4, -0.2) is 62.8 Å². The normalized spacial score (nSPS) is 19.5. The molecule has 0 spiro atoms. The minimum Gasteiger partial charge on any atom is -0.381 e. The summed E-state index contributed by atoms with van der Waals surface area (Å²) < 4.78 is 11.1. The Hall–Kier alpha value is -2.12. The molecule has 0 aromatic heterocycles. The van der Waals surface area contributed by atoms with Crippen LogP contribution in [0.15, 0.2) is 29.3 Å². The number of carbonyl (C=O) groups excluding carboxylic acids is 1. The highest BCUT2D eigenvalue weighted by Crippen LogP contribution is 2.15. The molecule has 1 amide bonds. The van der Waals surface area contributed by atoms with Gasteiger partial charge in [-0.15, -0.1) is 0 Å². The molecule has 166 valence electrons. The second-order valence-corrected chi connectivity index (χ2v) is 8.02. The van der Waals surface area contributed by atoms with Gasteiger partial charge in [0.1, 0.15) is 0 Å². The van der Waals surface area contributed by atoms with Crippen molar-refractivity contribution in [3.05, 3.63) is 35.4 Å². The van der Waals surface area contributed by atoms with Crippen LogP contribution >= 0.6 is 0 Å². The molecular formula is C23H36N4O3. The van der Waals surface area contributed by atoms with Crippen molar-refractivity contribution in [1.82, 2.24) is 15.5 Å². The van der Waals surface area contributed by atoms with Crippen molar-refractivity contribution < 1.29 is 14.3 Å². The van der Waals surface area contributed by atoms with Crippen LogP contribution in [0.25, 0.3) is 0 Å². The first-order chi connectivity index (χ1) is 14.7. The van der Waals surface area contributed by atoms with E-state index in [4.69, 9.17) is 9.47 Å². The molecule has 2 aliphatic rings. The van der Waals surface area contributed by atoms with Crippen molar-refractivity contribution in [3.8, 4) is 0 Å². The van der Waals surface area contributed by atoms with Crippen molar-refractivity contribution in [2.24, 2.45) is 10.9 Å². The molecule has 2 heterocycles. The minimum atomic E-state index is 0.267. The summed E-state index contributed by atoms with van der Waals surface area (Å²) in [5.74, 6) is 1.66. The standard InChI is InChI=1S/C23H36N4O3/c1-2-24-23(25-11-4-13-29-17-21-10-14-30-18-21)26-15-19-6-8-20(9-7-19)16-27-12-3-5-22(27)28/h6-9,21H,2-5,10-18H2,1H3,(H2,24,25,26). The molecule has 30 heavy (non-hydrogen) atoms. The Morgan fingerprint density at radius 2 is 2.10 bits per heavy atom. The van der Waals surface area contributed by atoms with Gasteiger partial charge in [0.25, 0.3) is 0 Å². The fraction of sp³-hybridized carbons (Fsp3) is 0.652. The predicted molar refractivity (Wildman–Crippen MR) is 118 cm³/mol. The molecule has 1 aromatic rings. The average molecular weight is 417 g/mol. The molecular weight excluding hydrogens is 380 g/mol. The molecule has 0 bridgehead atoms. The number of hydrogen-bond donors (Lipinski definition) is 2. The largest absolute Gasteiger partial charge is 0.381 e. The van der Waals surface area contributed by atoms with Gasteiger partial charge >= 0.3 is 0 Å². The number of carbonyl (C=O) groups is 1. The van der Waals surface area contributed by atoms with Crippen molar-refractivity contribution in [2.45, 2.75) is 45.7 Å². The molecule has 1 unspecified atom stereocenters. The van der Waals surface area contributed by atoms with Crippen LogP contribution in [0.2, 0.25) is 0 Å². The monoisotopic (exact) mass is 416 g/mol. The Labute approximate surface area is 180 Å². The van der Waals surface area contributed by atoms with Gasteiger partial charge in [-0.1, -0.05) is 24.3 Å². The lowest BCUT2D eigenvalue weighted by Crippen LogP contribution is -2.38. The molecule has 2 aliphatic heterocycles. The van der Waals surface area contributed by atoms with E-state index in [2.05, 4.69) is 46.8 Å². The lowest BCUT2D eigenvalue weighted by Gasteiger charge is -2.15. The van der Waals surface area contributed by atoms with Crippen LogP contribution in [0.1, 0.15) is 43.7 Å². The smallest absolute Gasteiger partial charge is 0.222 e. The van der Waals surface area contributed by atoms with Crippen molar-refractivity contribution in [1.29, 1.82) is 0 Å². The van der Waals surface area contributed by atoms with E-state index in [0.717, 1.165) is 76.8 Å². The number of ether oxygens (including phenoxy) is 2. The van der Waals surface area contributed by atoms with Crippen LogP contribution in [0.4, 0.5) is 0 Å². The van der Waals surface area contributed by atoms with Gasteiger partial charge in [-0.25, -0.2) is 4.99 Å². The van der Waals surface area contributed by atoms with E-state index < -0.39 is 0 Å². The first-order valence-corrected chi connectivity index (χ1v) is 11.3.